The number of aromatic nitrogens is 2. The van der Waals surface area contributed by atoms with Gasteiger partial charge in [0.05, 0.1) is 0 Å². The third-order valence-electron chi connectivity index (χ3n) is 2.34. The van der Waals surface area contributed by atoms with Crippen LogP contribution in [-0.4, -0.2) is 28.3 Å². The molecule has 0 atom stereocenters. The van der Waals surface area contributed by atoms with E-state index in [4.69, 9.17) is 11.6 Å². The van der Waals surface area contributed by atoms with Gasteiger partial charge in [-0.1, -0.05) is 20.3 Å². The summed E-state index contributed by atoms with van der Waals surface area (Å²) in [4.78, 5) is 6.79. The normalized spacial score (nSPS) is 10.7. The van der Waals surface area contributed by atoms with Crippen LogP contribution in [0.15, 0.2) is 0 Å². The lowest BCUT2D eigenvalue weighted by molar-refractivity contribution is 0.728. The highest BCUT2D eigenvalue weighted by Gasteiger charge is 2.11. The molecule has 0 saturated heterocycles. The summed E-state index contributed by atoms with van der Waals surface area (Å²) in [7, 11) is 0. The zero-order valence-electron chi connectivity index (χ0n) is 10.1. The average molecular weight is 262 g/mol. The van der Waals surface area contributed by atoms with Crippen LogP contribution in [0.1, 0.15) is 38.9 Å². The Balaban J connectivity index is 2.59. The maximum absolute atomic E-state index is 5.81. The Morgan fingerprint density at radius 1 is 1.25 bits per heavy atom. The molecule has 0 unspecified atom stereocenters. The summed E-state index contributed by atoms with van der Waals surface area (Å²) < 4.78 is 4.36. The molecule has 0 bridgehead atoms. The van der Waals surface area contributed by atoms with Gasteiger partial charge in [-0.2, -0.15) is 4.37 Å². The molecule has 0 amide bonds. The number of alkyl halides is 1. The van der Waals surface area contributed by atoms with E-state index in [-0.39, 0.29) is 0 Å². The van der Waals surface area contributed by atoms with Gasteiger partial charge in [0.2, 0.25) is 5.13 Å². The van der Waals surface area contributed by atoms with Crippen molar-refractivity contribution < 1.29 is 0 Å². The summed E-state index contributed by atoms with van der Waals surface area (Å²) >= 11 is 7.30. The number of hydrogen-bond donors (Lipinski definition) is 0. The van der Waals surface area contributed by atoms with Crippen molar-refractivity contribution in [2.24, 2.45) is 0 Å². The fourth-order valence-electron chi connectivity index (χ4n) is 1.45. The van der Waals surface area contributed by atoms with Crippen molar-refractivity contribution in [3.05, 3.63) is 5.82 Å². The standard InChI is InChI=1S/C11H20ClN3S/c1-3-5-8-15(9-7-12)11-13-10(6-4-2)14-16-11/h3-9H2,1-2H3. The maximum Gasteiger partial charge on any atom is 0.205 e. The fourth-order valence-corrected chi connectivity index (χ4v) is 2.42. The van der Waals surface area contributed by atoms with Crippen molar-refractivity contribution in [1.29, 1.82) is 0 Å². The molecule has 0 saturated carbocycles. The summed E-state index contributed by atoms with van der Waals surface area (Å²) in [6, 6.07) is 0. The Morgan fingerprint density at radius 2 is 2.06 bits per heavy atom. The molecule has 1 aromatic heterocycles. The molecule has 1 aromatic rings. The lowest BCUT2D eigenvalue weighted by Gasteiger charge is -2.19. The number of nitrogens with zero attached hydrogens (tertiary/aromatic N) is 3. The monoisotopic (exact) mass is 261 g/mol. The van der Waals surface area contributed by atoms with Crippen LogP contribution in [0, 0.1) is 0 Å². The quantitative estimate of drug-likeness (QED) is 0.672. The number of unbranched alkanes of at least 4 members (excludes halogenated alkanes) is 1. The van der Waals surface area contributed by atoms with Gasteiger partial charge < -0.3 is 4.90 Å². The molecular formula is C11H20ClN3S. The van der Waals surface area contributed by atoms with Crippen LogP contribution in [0.5, 0.6) is 0 Å². The second kappa shape index (κ2) is 7.85. The molecule has 16 heavy (non-hydrogen) atoms. The van der Waals surface area contributed by atoms with Gasteiger partial charge in [-0.15, -0.1) is 11.6 Å². The molecule has 0 aromatic carbocycles. The van der Waals surface area contributed by atoms with Crippen molar-refractivity contribution in [3.8, 4) is 0 Å². The van der Waals surface area contributed by atoms with Crippen LogP contribution in [0.25, 0.3) is 0 Å². The summed E-state index contributed by atoms with van der Waals surface area (Å²) in [6.45, 7) is 6.24. The van der Waals surface area contributed by atoms with Crippen LogP contribution in [0.4, 0.5) is 5.13 Å². The largest absolute Gasteiger partial charge is 0.346 e. The highest BCUT2D eigenvalue weighted by molar-refractivity contribution is 7.09. The Bertz CT molecular complexity index is 291. The minimum Gasteiger partial charge on any atom is -0.346 e. The van der Waals surface area contributed by atoms with Gasteiger partial charge >= 0.3 is 0 Å². The number of aryl methyl sites for hydroxylation is 1. The van der Waals surface area contributed by atoms with E-state index in [0.29, 0.717) is 5.88 Å². The first-order chi connectivity index (χ1) is 7.81. The lowest BCUT2D eigenvalue weighted by Crippen LogP contribution is -2.26. The Labute approximate surface area is 107 Å². The van der Waals surface area contributed by atoms with Crippen LogP contribution < -0.4 is 4.90 Å². The molecule has 0 N–H and O–H groups in total. The van der Waals surface area contributed by atoms with Gasteiger partial charge in [-0.3, -0.25) is 0 Å². The highest BCUT2D eigenvalue weighted by atomic mass is 35.5. The zero-order chi connectivity index (χ0) is 11.8. The summed E-state index contributed by atoms with van der Waals surface area (Å²) in [5.74, 6) is 1.62. The minimum atomic E-state index is 0.645. The van der Waals surface area contributed by atoms with E-state index in [0.717, 1.165) is 36.9 Å². The van der Waals surface area contributed by atoms with E-state index in [1.54, 1.807) is 0 Å². The number of anilines is 1. The van der Waals surface area contributed by atoms with E-state index >= 15 is 0 Å². The molecule has 92 valence electrons. The predicted molar refractivity (Wildman–Crippen MR) is 71.7 cm³/mol. The molecule has 5 heteroatoms. The van der Waals surface area contributed by atoms with Gasteiger partial charge in [0.1, 0.15) is 5.82 Å². The van der Waals surface area contributed by atoms with E-state index in [1.165, 1.54) is 24.4 Å². The van der Waals surface area contributed by atoms with Gasteiger partial charge in [-0.25, -0.2) is 4.98 Å². The molecule has 0 spiro atoms. The van der Waals surface area contributed by atoms with Crippen LogP contribution in [-0.2, 0) is 6.42 Å². The third kappa shape index (κ3) is 4.26. The molecule has 1 rings (SSSR count). The van der Waals surface area contributed by atoms with Crippen molar-refractivity contribution in [3.63, 3.8) is 0 Å². The van der Waals surface area contributed by atoms with E-state index < -0.39 is 0 Å². The molecular weight excluding hydrogens is 242 g/mol. The predicted octanol–water partition coefficient (Wildman–Crippen LogP) is 3.34. The number of rotatable bonds is 8. The van der Waals surface area contributed by atoms with E-state index in [1.807, 2.05) is 0 Å². The highest BCUT2D eigenvalue weighted by Crippen LogP contribution is 2.18. The molecule has 0 aliphatic rings. The van der Waals surface area contributed by atoms with Crippen LogP contribution in [0.2, 0.25) is 0 Å². The fraction of sp³-hybridized carbons (Fsp3) is 0.818. The topological polar surface area (TPSA) is 29.0 Å². The first-order valence-electron chi connectivity index (χ1n) is 5.95. The summed E-state index contributed by atoms with van der Waals surface area (Å²) in [5, 5.41) is 1.03. The third-order valence-corrected chi connectivity index (χ3v) is 3.32. The number of halogens is 1. The Kier molecular flexibility index (Phi) is 6.73. The van der Waals surface area contributed by atoms with Crippen molar-refractivity contribution in [2.75, 3.05) is 23.9 Å². The molecule has 0 fully saturated rings. The van der Waals surface area contributed by atoms with Gasteiger partial charge in [-0.05, 0) is 12.8 Å². The SMILES string of the molecule is CCCCN(CCCl)c1nc(CCC)ns1. The van der Waals surface area contributed by atoms with Crippen molar-refractivity contribution in [1.82, 2.24) is 9.36 Å². The molecule has 0 aliphatic carbocycles. The molecule has 0 aliphatic heterocycles. The van der Waals surface area contributed by atoms with Crippen molar-refractivity contribution >= 4 is 28.3 Å². The van der Waals surface area contributed by atoms with E-state index in [9.17, 15) is 0 Å². The smallest absolute Gasteiger partial charge is 0.205 e. The summed E-state index contributed by atoms with van der Waals surface area (Å²) in [6.07, 6.45) is 4.44. The maximum atomic E-state index is 5.81. The zero-order valence-corrected chi connectivity index (χ0v) is 11.7. The van der Waals surface area contributed by atoms with Gasteiger partial charge in [0.25, 0.3) is 0 Å². The molecule has 0 radical (unpaired) electrons. The molecule has 3 nitrogen and oxygen atoms in total. The first-order valence-corrected chi connectivity index (χ1v) is 7.26. The average Bonchev–Trinajstić information content (AvgIpc) is 2.73. The number of hydrogen-bond acceptors (Lipinski definition) is 4. The second-order valence-corrected chi connectivity index (χ2v) is 4.88. The van der Waals surface area contributed by atoms with Crippen LogP contribution >= 0.6 is 23.1 Å². The molecule has 1 heterocycles. The summed E-state index contributed by atoms with van der Waals surface area (Å²) in [5.41, 5.74) is 0. The Hall–Kier alpha value is -0.350. The van der Waals surface area contributed by atoms with Gasteiger partial charge in [0.15, 0.2) is 0 Å². The Morgan fingerprint density at radius 3 is 2.69 bits per heavy atom. The second-order valence-electron chi connectivity index (χ2n) is 3.77. The first kappa shape index (κ1) is 13.7. The lowest BCUT2D eigenvalue weighted by atomic mass is 10.3. The van der Waals surface area contributed by atoms with E-state index in [2.05, 4.69) is 28.1 Å². The van der Waals surface area contributed by atoms with Gasteiger partial charge in [0, 0.05) is 36.9 Å². The van der Waals surface area contributed by atoms with Crippen molar-refractivity contribution in [2.45, 2.75) is 39.5 Å². The minimum absolute atomic E-state index is 0.645. The van der Waals surface area contributed by atoms with Crippen LogP contribution in [0.3, 0.4) is 0 Å².